The molecule has 3 rings (SSSR count). The first-order valence-electron chi connectivity index (χ1n) is 5.95. The van der Waals surface area contributed by atoms with Crippen LogP contribution >= 0.6 is 11.6 Å². The largest absolute Gasteiger partial charge is 0.310 e. The van der Waals surface area contributed by atoms with E-state index in [0.717, 1.165) is 5.56 Å². The predicted octanol–water partition coefficient (Wildman–Crippen LogP) is 2.92. The normalized spacial score (nSPS) is 15.0. The Hall–Kier alpha value is -1.39. The van der Waals surface area contributed by atoms with Crippen molar-refractivity contribution in [3.05, 3.63) is 47.0 Å². The highest BCUT2D eigenvalue weighted by atomic mass is 35.5. The lowest BCUT2D eigenvalue weighted by Crippen LogP contribution is -2.17. The molecule has 3 nitrogen and oxygen atoms in total. The maximum atomic E-state index is 14.0. The maximum absolute atomic E-state index is 14.0. The van der Waals surface area contributed by atoms with Crippen molar-refractivity contribution in [3.8, 4) is 5.69 Å². The van der Waals surface area contributed by atoms with Crippen molar-refractivity contribution in [2.75, 3.05) is 0 Å². The lowest BCUT2D eigenvalue weighted by molar-refractivity contribution is 0.600. The number of aromatic nitrogens is 2. The fraction of sp³-hybridized carbons (Fsp3) is 0.308. The van der Waals surface area contributed by atoms with E-state index in [0.29, 0.717) is 23.3 Å². The molecule has 0 saturated heterocycles. The summed E-state index contributed by atoms with van der Waals surface area (Å²) in [5.74, 6) is -0.287. The van der Waals surface area contributed by atoms with Crippen LogP contribution < -0.4 is 5.32 Å². The van der Waals surface area contributed by atoms with Crippen molar-refractivity contribution in [1.29, 1.82) is 0 Å². The second kappa shape index (κ2) is 4.71. The molecule has 1 N–H and O–H groups in total. The van der Waals surface area contributed by atoms with Crippen molar-refractivity contribution in [2.24, 2.45) is 0 Å². The fourth-order valence-electron chi connectivity index (χ4n) is 1.92. The number of nitrogens with one attached hydrogen (secondary N) is 1. The van der Waals surface area contributed by atoms with Gasteiger partial charge in [-0.25, -0.2) is 9.07 Å². The van der Waals surface area contributed by atoms with Crippen LogP contribution in [0, 0.1) is 5.82 Å². The highest BCUT2D eigenvalue weighted by Crippen LogP contribution is 2.23. The van der Waals surface area contributed by atoms with Crippen LogP contribution in [0.1, 0.15) is 18.4 Å². The van der Waals surface area contributed by atoms with E-state index in [9.17, 15) is 4.39 Å². The summed E-state index contributed by atoms with van der Waals surface area (Å²) in [6.45, 7) is 0.648. The third-order valence-corrected chi connectivity index (χ3v) is 3.20. The molecule has 94 valence electrons. The van der Waals surface area contributed by atoms with Crippen LogP contribution in [0.3, 0.4) is 0 Å². The van der Waals surface area contributed by atoms with Gasteiger partial charge in [0.15, 0.2) is 0 Å². The van der Waals surface area contributed by atoms with Crippen LogP contribution in [0.5, 0.6) is 0 Å². The van der Waals surface area contributed by atoms with Gasteiger partial charge in [-0.2, -0.15) is 5.10 Å². The first kappa shape index (κ1) is 11.7. The Morgan fingerprint density at radius 3 is 2.94 bits per heavy atom. The summed E-state index contributed by atoms with van der Waals surface area (Å²) in [6.07, 6.45) is 5.53. The number of nitrogens with zero attached hydrogens (tertiary/aromatic N) is 2. The molecular formula is C13H13ClFN3. The van der Waals surface area contributed by atoms with Crippen molar-refractivity contribution < 1.29 is 4.39 Å². The van der Waals surface area contributed by atoms with Gasteiger partial charge in [0.25, 0.3) is 0 Å². The molecule has 1 aromatic carbocycles. The molecule has 18 heavy (non-hydrogen) atoms. The quantitative estimate of drug-likeness (QED) is 0.921. The summed E-state index contributed by atoms with van der Waals surface area (Å²) < 4.78 is 15.4. The molecule has 5 heteroatoms. The second-order valence-electron chi connectivity index (χ2n) is 4.51. The Kier molecular flexibility index (Phi) is 3.06. The summed E-state index contributed by atoms with van der Waals surface area (Å²) in [7, 11) is 0. The third-order valence-electron chi connectivity index (χ3n) is 3.01. The van der Waals surface area contributed by atoms with Crippen LogP contribution in [-0.4, -0.2) is 15.8 Å². The number of para-hydroxylation sites is 1. The van der Waals surface area contributed by atoms with E-state index in [2.05, 4.69) is 10.4 Å². The molecule has 0 spiro atoms. The van der Waals surface area contributed by atoms with Crippen LogP contribution in [0.2, 0.25) is 5.02 Å². The summed E-state index contributed by atoms with van der Waals surface area (Å²) >= 11 is 5.83. The average molecular weight is 266 g/mol. The third kappa shape index (κ3) is 2.40. The molecule has 1 aliphatic carbocycles. The lowest BCUT2D eigenvalue weighted by Gasteiger charge is -2.11. The van der Waals surface area contributed by atoms with Gasteiger partial charge in [0.1, 0.15) is 11.5 Å². The van der Waals surface area contributed by atoms with Crippen molar-refractivity contribution in [1.82, 2.24) is 15.1 Å². The Labute approximate surface area is 110 Å². The Morgan fingerprint density at radius 2 is 2.28 bits per heavy atom. The summed E-state index contributed by atoms with van der Waals surface area (Å²) in [5, 5.41) is 7.94. The molecule has 1 fully saturated rings. The van der Waals surface area contributed by atoms with E-state index in [4.69, 9.17) is 11.6 Å². The minimum atomic E-state index is -0.287. The highest BCUT2D eigenvalue weighted by Gasteiger charge is 2.21. The Balaban J connectivity index is 1.94. The number of rotatable bonds is 4. The molecule has 0 radical (unpaired) electrons. The van der Waals surface area contributed by atoms with E-state index < -0.39 is 0 Å². The van der Waals surface area contributed by atoms with Gasteiger partial charge in [0.2, 0.25) is 0 Å². The zero-order valence-corrected chi connectivity index (χ0v) is 10.5. The van der Waals surface area contributed by atoms with Crippen LogP contribution in [0.4, 0.5) is 4.39 Å². The molecular weight excluding hydrogens is 253 g/mol. The standard InChI is InChI=1S/C13H13ClFN3/c14-10-7-17-18(8-10)13-9(2-1-3-12(13)15)6-16-11-4-5-11/h1-3,7-8,11,16H,4-6H2. The highest BCUT2D eigenvalue weighted by molar-refractivity contribution is 6.30. The number of halogens is 2. The summed E-state index contributed by atoms with van der Waals surface area (Å²) in [5.41, 5.74) is 1.36. The van der Waals surface area contributed by atoms with Crippen molar-refractivity contribution >= 4 is 11.6 Å². The predicted molar refractivity (Wildman–Crippen MR) is 68.4 cm³/mol. The maximum Gasteiger partial charge on any atom is 0.149 e. The summed E-state index contributed by atoms with van der Waals surface area (Å²) in [4.78, 5) is 0. The smallest absolute Gasteiger partial charge is 0.149 e. The molecule has 0 atom stereocenters. The first-order chi connectivity index (χ1) is 8.74. The van der Waals surface area contributed by atoms with E-state index in [1.165, 1.54) is 29.8 Å². The summed E-state index contributed by atoms with van der Waals surface area (Å²) in [6, 6.07) is 5.64. The Morgan fingerprint density at radius 1 is 1.44 bits per heavy atom. The fourth-order valence-corrected chi connectivity index (χ4v) is 2.06. The van der Waals surface area contributed by atoms with Gasteiger partial charge in [0, 0.05) is 18.8 Å². The van der Waals surface area contributed by atoms with E-state index >= 15 is 0 Å². The van der Waals surface area contributed by atoms with E-state index in [-0.39, 0.29) is 5.82 Å². The Bertz CT molecular complexity index is 563. The molecule has 1 aliphatic rings. The van der Waals surface area contributed by atoms with Gasteiger partial charge >= 0.3 is 0 Å². The molecule has 0 aliphatic heterocycles. The minimum Gasteiger partial charge on any atom is -0.310 e. The van der Waals surface area contributed by atoms with E-state index in [1.807, 2.05) is 6.07 Å². The van der Waals surface area contributed by atoms with Gasteiger partial charge in [0.05, 0.1) is 11.2 Å². The number of hydrogen-bond donors (Lipinski definition) is 1. The number of benzene rings is 1. The zero-order chi connectivity index (χ0) is 12.5. The SMILES string of the molecule is Fc1cccc(CNC2CC2)c1-n1cc(Cl)cn1. The van der Waals surface area contributed by atoms with Gasteiger partial charge in [-0.3, -0.25) is 0 Å². The number of hydrogen-bond acceptors (Lipinski definition) is 2. The minimum absolute atomic E-state index is 0.287. The molecule has 0 amide bonds. The van der Waals surface area contributed by atoms with Crippen LogP contribution in [0.15, 0.2) is 30.6 Å². The van der Waals surface area contributed by atoms with Gasteiger partial charge in [-0.15, -0.1) is 0 Å². The molecule has 2 aromatic rings. The van der Waals surface area contributed by atoms with E-state index in [1.54, 1.807) is 12.3 Å². The first-order valence-corrected chi connectivity index (χ1v) is 6.33. The topological polar surface area (TPSA) is 29.9 Å². The van der Waals surface area contributed by atoms with Crippen molar-refractivity contribution in [3.63, 3.8) is 0 Å². The van der Waals surface area contributed by atoms with Crippen molar-refractivity contribution in [2.45, 2.75) is 25.4 Å². The molecule has 1 heterocycles. The van der Waals surface area contributed by atoms with Gasteiger partial charge < -0.3 is 5.32 Å². The molecule has 1 saturated carbocycles. The average Bonchev–Trinajstić information content (AvgIpc) is 3.09. The molecule has 1 aromatic heterocycles. The van der Waals surface area contributed by atoms with Gasteiger partial charge in [-0.1, -0.05) is 23.7 Å². The zero-order valence-electron chi connectivity index (χ0n) is 9.74. The second-order valence-corrected chi connectivity index (χ2v) is 4.94. The van der Waals surface area contributed by atoms with Crippen LogP contribution in [-0.2, 0) is 6.54 Å². The molecule has 0 unspecified atom stereocenters. The molecule has 0 bridgehead atoms. The van der Waals surface area contributed by atoms with Crippen LogP contribution in [0.25, 0.3) is 5.69 Å². The van der Waals surface area contributed by atoms with Gasteiger partial charge in [-0.05, 0) is 24.5 Å². The monoisotopic (exact) mass is 265 g/mol. The lowest BCUT2D eigenvalue weighted by atomic mass is 10.1.